The number of methoxy groups -OCH3 is 1. The molecule has 0 saturated heterocycles. The minimum atomic E-state index is -0.629. The number of carbonyl (C=O) groups is 2. The van der Waals surface area contributed by atoms with Crippen LogP contribution in [0.1, 0.15) is 19.8 Å². The van der Waals surface area contributed by atoms with E-state index in [-0.39, 0.29) is 25.0 Å². The minimum Gasteiger partial charge on any atom is -0.382 e. The lowest BCUT2D eigenvalue weighted by Crippen LogP contribution is -2.29. The van der Waals surface area contributed by atoms with Crippen molar-refractivity contribution in [1.82, 2.24) is 5.48 Å². The van der Waals surface area contributed by atoms with Crippen LogP contribution in [0.25, 0.3) is 0 Å². The standard InChI is InChI=1S/C8H16N2O4/c1-6(13-2)3-4-8(12)10-14-5-7(9)11/h6H,3-5H2,1-2H3,(H2,9,11)(H,10,12). The number of amides is 2. The molecule has 0 saturated carbocycles. The number of carbonyl (C=O) groups excluding carboxylic acids is 2. The van der Waals surface area contributed by atoms with Gasteiger partial charge in [0.15, 0.2) is 6.61 Å². The maximum Gasteiger partial charge on any atom is 0.246 e. The van der Waals surface area contributed by atoms with Gasteiger partial charge in [-0.1, -0.05) is 0 Å². The molecular weight excluding hydrogens is 188 g/mol. The molecule has 0 fully saturated rings. The first kappa shape index (κ1) is 12.9. The topological polar surface area (TPSA) is 90.7 Å². The zero-order valence-corrected chi connectivity index (χ0v) is 8.41. The second-order valence-corrected chi connectivity index (χ2v) is 2.87. The number of primary amides is 1. The van der Waals surface area contributed by atoms with Crippen LogP contribution in [-0.2, 0) is 19.2 Å². The minimum absolute atomic E-state index is 0.0249. The highest BCUT2D eigenvalue weighted by Gasteiger charge is 2.05. The molecule has 2 amide bonds. The summed E-state index contributed by atoms with van der Waals surface area (Å²) in [7, 11) is 1.58. The maximum atomic E-state index is 11.0. The van der Waals surface area contributed by atoms with Gasteiger partial charge in [-0.15, -0.1) is 0 Å². The third-order valence-electron chi connectivity index (χ3n) is 1.58. The lowest BCUT2D eigenvalue weighted by Gasteiger charge is -2.08. The molecule has 6 heteroatoms. The second kappa shape index (κ2) is 7.28. The van der Waals surface area contributed by atoms with Crippen molar-refractivity contribution in [2.24, 2.45) is 5.73 Å². The average molecular weight is 204 g/mol. The smallest absolute Gasteiger partial charge is 0.246 e. The van der Waals surface area contributed by atoms with Crippen molar-refractivity contribution in [2.45, 2.75) is 25.9 Å². The molecule has 0 aromatic carbocycles. The fourth-order valence-corrected chi connectivity index (χ4v) is 0.691. The van der Waals surface area contributed by atoms with Gasteiger partial charge in [-0.25, -0.2) is 5.48 Å². The van der Waals surface area contributed by atoms with E-state index in [1.807, 2.05) is 6.92 Å². The van der Waals surface area contributed by atoms with Gasteiger partial charge < -0.3 is 10.5 Å². The summed E-state index contributed by atoms with van der Waals surface area (Å²) in [5, 5.41) is 0. The molecule has 1 unspecified atom stereocenters. The fraction of sp³-hybridized carbons (Fsp3) is 0.750. The zero-order chi connectivity index (χ0) is 11.0. The van der Waals surface area contributed by atoms with E-state index >= 15 is 0 Å². The molecule has 82 valence electrons. The molecule has 6 nitrogen and oxygen atoms in total. The Hall–Kier alpha value is -1.14. The molecule has 0 aliphatic heterocycles. The normalized spacial score (nSPS) is 12.1. The quantitative estimate of drug-likeness (QED) is 0.538. The fourth-order valence-electron chi connectivity index (χ4n) is 0.691. The van der Waals surface area contributed by atoms with Gasteiger partial charge in [0.05, 0.1) is 6.10 Å². The summed E-state index contributed by atoms with van der Waals surface area (Å²) in [6.07, 6.45) is 0.910. The molecule has 0 aromatic heterocycles. The van der Waals surface area contributed by atoms with Crippen LogP contribution in [0.5, 0.6) is 0 Å². The summed E-state index contributed by atoms with van der Waals surface area (Å²) in [5.74, 6) is -0.925. The third-order valence-corrected chi connectivity index (χ3v) is 1.58. The summed E-state index contributed by atoms with van der Waals surface area (Å²) in [6, 6.07) is 0. The molecule has 0 spiro atoms. The van der Waals surface area contributed by atoms with E-state index in [0.717, 1.165) is 0 Å². The molecule has 0 aromatic rings. The SMILES string of the molecule is COC(C)CCC(=O)NOCC(N)=O. The van der Waals surface area contributed by atoms with Gasteiger partial charge in [0.2, 0.25) is 11.8 Å². The van der Waals surface area contributed by atoms with Crippen LogP contribution in [0, 0.1) is 0 Å². The van der Waals surface area contributed by atoms with Gasteiger partial charge in [-0.2, -0.15) is 0 Å². The molecule has 0 rings (SSSR count). The molecule has 3 N–H and O–H groups in total. The predicted molar refractivity (Wildman–Crippen MR) is 49.0 cm³/mol. The average Bonchev–Trinajstić information content (AvgIpc) is 2.13. The van der Waals surface area contributed by atoms with Crippen LogP contribution < -0.4 is 11.2 Å². The van der Waals surface area contributed by atoms with Gasteiger partial charge in [0, 0.05) is 13.5 Å². The van der Waals surface area contributed by atoms with Gasteiger partial charge in [0.1, 0.15) is 0 Å². The zero-order valence-electron chi connectivity index (χ0n) is 8.41. The van der Waals surface area contributed by atoms with Crippen molar-refractivity contribution < 1.29 is 19.2 Å². The van der Waals surface area contributed by atoms with Crippen LogP contribution in [0.3, 0.4) is 0 Å². The second-order valence-electron chi connectivity index (χ2n) is 2.87. The number of ether oxygens (including phenoxy) is 1. The van der Waals surface area contributed by atoms with E-state index in [1.165, 1.54) is 0 Å². The monoisotopic (exact) mass is 204 g/mol. The molecule has 0 radical (unpaired) electrons. The Labute approximate surface area is 82.7 Å². The van der Waals surface area contributed by atoms with Crippen LogP contribution >= 0.6 is 0 Å². The summed E-state index contributed by atoms with van der Waals surface area (Å²) in [4.78, 5) is 25.7. The number of hydroxylamine groups is 1. The summed E-state index contributed by atoms with van der Waals surface area (Å²) < 4.78 is 4.95. The van der Waals surface area contributed by atoms with Gasteiger partial charge in [-0.05, 0) is 13.3 Å². The van der Waals surface area contributed by atoms with Gasteiger partial charge in [0.25, 0.3) is 0 Å². The van der Waals surface area contributed by atoms with Crippen LogP contribution in [0.4, 0.5) is 0 Å². The number of rotatable bonds is 7. The molecule has 0 aliphatic carbocycles. The molecular formula is C8H16N2O4. The molecule has 1 atom stereocenters. The number of hydrogen-bond donors (Lipinski definition) is 2. The van der Waals surface area contributed by atoms with Crippen molar-refractivity contribution in [1.29, 1.82) is 0 Å². The highest BCUT2D eigenvalue weighted by Crippen LogP contribution is 1.99. The Morgan fingerprint density at radius 1 is 1.50 bits per heavy atom. The first-order chi connectivity index (χ1) is 6.56. The van der Waals surface area contributed by atoms with Crippen LogP contribution in [0.2, 0.25) is 0 Å². The van der Waals surface area contributed by atoms with Crippen molar-refractivity contribution in [3.63, 3.8) is 0 Å². The van der Waals surface area contributed by atoms with Crippen molar-refractivity contribution in [3.8, 4) is 0 Å². The predicted octanol–water partition coefficient (Wildman–Crippen LogP) is -0.665. The van der Waals surface area contributed by atoms with E-state index in [0.29, 0.717) is 6.42 Å². The Morgan fingerprint density at radius 3 is 2.64 bits per heavy atom. The highest BCUT2D eigenvalue weighted by molar-refractivity contribution is 5.76. The largest absolute Gasteiger partial charge is 0.382 e. The Kier molecular flexibility index (Phi) is 6.69. The first-order valence-corrected chi connectivity index (χ1v) is 4.28. The summed E-state index contributed by atoms with van der Waals surface area (Å²) in [6.45, 7) is 1.54. The number of nitrogens with one attached hydrogen (secondary N) is 1. The summed E-state index contributed by atoms with van der Waals surface area (Å²) >= 11 is 0. The lowest BCUT2D eigenvalue weighted by atomic mass is 10.2. The Balaban J connectivity index is 3.41. The maximum absolute atomic E-state index is 11.0. The van der Waals surface area contributed by atoms with Gasteiger partial charge >= 0.3 is 0 Å². The van der Waals surface area contributed by atoms with E-state index < -0.39 is 5.91 Å². The number of nitrogens with two attached hydrogens (primary N) is 1. The molecule has 0 aliphatic rings. The Bertz CT molecular complexity index is 196. The van der Waals surface area contributed by atoms with E-state index in [2.05, 4.69) is 10.3 Å². The van der Waals surface area contributed by atoms with Crippen molar-refractivity contribution in [3.05, 3.63) is 0 Å². The van der Waals surface area contributed by atoms with Crippen molar-refractivity contribution >= 4 is 11.8 Å². The van der Waals surface area contributed by atoms with E-state index in [9.17, 15) is 9.59 Å². The first-order valence-electron chi connectivity index (χ1n) is 4.28. The highest BCUT2D eigenvalue weighted by atomic mass is 16.7. The van der Waals surface area contributed by atoms with Gasteiger partial charge in [-0.3, -0.25) is 14.4 Å². The van der Waals surface area contributed by atoms with Crippen LogP contribution in [0.15, 0.2) is 0 Å². The number of hydrogen-bond acceptors (Lipinski definition) is 4. The molecule has 14 heavy (non-hydrogen) atoms. The van der Waals surface area contributed by atoms with Crippen molar-refractivity contribution in [2.75, 3.05) is 13.7 Å². The molecule has 0 heterocycles. The van der Waals surface area contributed by atoms with Crippen LogP contribution in [-0.4, -0.2) is 31.6 Å². The third kappa shape index (κ3) is 7.51. The summed E-state index contributed by atoms with van der Waals surface area (Å²) in [5.41, 5.74) is 6.89. The Morgan fingerprint density at radius 2 is 2.14 bits per heavy atom. The lowest BCUT2D eigenvalue weighted by molar-refractivity contribution is -0.138. The molecule has 0 bridgehead atoms. The van der Waals surface area contributed by atoms with E-state index in [1.54, 1.807) is 7.11 Å². The van der Waals surface area contributed by atoms with E-state index in [4.69, 9.17) is 10.5 Å².